The zero-order valence-corrected chi connectivity index (χ0v) is 10.5. The van der Waals surface area contributed by atoms with Gasteiger partial charge in [-0.2, -0.15) is 0 Å². The van der Waals surface area contributed by atoms with Gasteiger partial charge in [0.15, 0.2) is 0 Å². The quantitative estimate of drug-likeness (QED) is 0.583. The highest BCUT2D eigenvalue weighted by atomic mass is 14.5. The Morgan fingerprint density at radius 2 is 2.20 bits per heavy atom. The Hall–Kier alpha value is -0.520. The van der Waals surface area contributed by atoms with Crippen LogP contribution >= 0.6 is 0 Å². The van der Waals surface area contributed by atoms with Crippen LogP contribution < -0.4 is 0 Å². The van der Waals surface area contributed by atoms with Crippen LogP contribution in [0.25, 0.3) is 0 Å². The number of rotatable bonds is 3. The van der Waals surface area contributed by atoms with Gasteiger partial charge in [0.1, 0.15) is 0 Å². The van der Waals surface area contributed by atoms with Crippen molar-refractivity contribution in [3.63, 3.8) is 0 Å². The van der Waals surface area contributed by atoms with E-state index in [4.69, 9.17) is 0 Å². The minimum atomic E-state index is 0.467. The molecule has 0 heteroatoms. The first kappa shape index (κ1) is 11.0. The summed E-state index contributed by atoms with van der Waals surface area (Å²) in [6.07, 6.45) is 9.24. The van der Waals surface area contributed by atoms with E-state index < -0.39 is 0 Å². The summed E-state index contributed by atoms with van der Waals surface area (Å²) in [5.41, 5.74) is 3.49. The van der Waals surface area contributed by atoms with Crippen molar-refractivity contribution in [3.8, 4) is 0 Å². The normalized spacial score (nSPS) is 38.5. The summed E-state index contributed by atoms with van der Waals surface area (Å²) < 4.78 is 0. The molecule has 0 nitrogen and oxygen atoms in total. The molecule has 84 valence electrons. The van der Waals surface area contributed by atoms with Gasteiger partial charge in [-0.15, -0.1) is 0 Å². The van der Waals surface area contributed by atoms with Gasteiger partial charge in [-0.3, -0.25) is 0 Å². The maximum absolute atomic E-state index is 4.37. The van der Waals surface area contributed by atoms with Crippen LogP contribution in [0, 0.1) is 17.3 Å². The lowest BCUT2D eigenvalue weighted by Gasteiger charge is -2.36. The summed E-state index contributed by atoms with van der Waals surface area (Å²) in [6.45, 7) is 11.2. The topological polar surface area (TPSA) is 0 Å². The van der Waals surface area contributed by atoms with E-state index in [1.807, 2.05) is 0 Å². The SMILES string of the molecule is C=C1[C@@H]2CCC(C2)C1(C)CCC=C(C)C. The highest BCUT2D eigenvalue weighted by Crippen LogP contribution is 2.60. The minimum Gasteiger partial charge on any atom is -0.0990 e. The Kier molecular flexibility index (Phi) is 2.79. The molecule has 3 atom stereocenters. The average Bonchev–Trinajstić information content (AvgIpc) is 2.70. The van der Waals surface area contributed by atoms with Crippen LogP contribution in [0.5, 0.6) is 0 Å². The molecule has 2 bridgehead atoms. The smallest absolute Gasteiger partial charge is 0.00849 e. The van der Waals surface area contributed by atoms with Crippen LogP contribution in [0.2, 0.25) is 0 Å². The molecule has 0 amide bonds. The fourth-order valence-electron chi connectivity index (χ4n) is 3.63. The Morgan fingerprint density at radius 3 is 2.73 bits per heavy atom. The van der Waals surface area contributed by atoms with E-state index >= 15 is 0 Å². The van der Waals surface area contributed by atoms with Gasteiger partial charge in [0.2, 0.25) is 0 Å². The van der Waals surface area contributed by atoms with Crippen molar-refractivity contribution >= 4 is 0 Å². The van der Waals surface area contributed by atoms with E-state index in [1.54, 1.807) is 5.57 Å². The molecule has 2 aliphatic rings. The molecule has 0 aromatic carbocycles. The summed E-state index contributed by atoms with van der Waals surface area (Å²) in [6, 6.07) is 0. The van der Waals surface area contributed by atoms with Gasteiger partial charge in [0.25, 0.3) is 0 Å². The van der Waals surface area contributed by atoms with Crippen molar-refractivity contribution in [1.82, 2.24) is 0 Å². The molecule has 2 unspecified atom stereocenters. The molecule has 2 aliphatic carbocycles. The molecule has 0 radical (unpaired) electrons. The first-order valence-electron chi connectivity index (χ1n) is 6.36. The Balaban J connectivity index is 2.01. The van der Waals surface area contributed by atoms with E-state index in [0.717, 1.165) is 11.8 Å². The zero-order chi connectivity index (χ0) is 11.1. The monoisotopic (exact) mass is 204 g/mol. The highest BCUT2D eigenvalue weighted by Gasteiger charge is 2.49. The second-order valence-electron chi connectivity index (χ2n) is 5.97. The lowest BCUT2D eigenvalue weighted by atomic mass is 9.69. The summed E-state index contributed by atoms with van der Waals surface area (Å²) in [5.74, 6) is 1.81. The third-order valence-electron chi connectivity index (χ3n) is 4.78. The molecule has 0 aromatic heterocycles. The van der Waals surface area contributed by atoms with Crippen LogP contribution in [0.1, 0.15) is 52.9 Å². The molecule has 2 rings (SSSR count). The number of fused-ring (bicyclic) bond motifs is 2. The predicted molar refractivity (Wildman–Crippen MR) is 66.7 cm³/mol. The minimum absolute atomic E-state index is 0.467. The fourth-order valence-corrected chi connectivity index (χ4v) is 3.63. The van der Waals surface area contributed by atoms with E-state index in [9.17, 15) is 0 Å². The van der Waals surface area contributed by atoms with Gasteiger partial charge < -0.3 is 0 Å². The molecule has 0 spiro atoms. The highest BCUT2D eigenvalue weighted by molar-refractivity contribution is 5.24. The molecule has 15 heavy (non-hydrogen) atoms. The van der Waals surface area contributed by atoms with E-state index in [1.165, 1.54) is 37.7 Å². The van der Waals surface area contributed by atoms with Crippen LogP contribution in [0.15, 0.2) is 23.8 Å². The first-order chi connectivity index (χ1) is 7.04. The van der Waals surface area contributed by atoms with Gasteiger partial charge in [-0.05, 0) is 63.2 Å². The third kappa shape index (κ3) is 1.79. The maximum atomic E-state index is 4.37. The molecule has 2 fully saturated rings. The van der Waals surface area contributed by atoms with E-state index in [0.29, 0.717) is 5.41 Å². The molecule has 2 saturated carbocycles. The standard InChI is InChI=1S/C15H24/c1-11(2)6-5-9-15(4)12(3)13-7-8-14(15)10-13/h6,13-14H,3,5,7-10H2,1-2,4H3/t13-,14?,15?/m1/s1. The van der Waals surface area contributed by atoms with Crippen LogP contribution in [0.4, 0.5) is 0 Å². The Morgan fingerprint density at radius 1 is 1.47 bits per heavy atom. The van der Waals surface area contributed by atoms with Gasteiger partial charge >= 0.3 is 0 Å². The largest absolute Gasteiger partial charge is 0.0990 e. The Labute approximate surface area is 94.5 Å². The molecule has 0 saturated heterocycles. The maximum Gasteiger partial charge on any atom is -0.00849 e. The van der Waals surface area contributed by atoms with Crippen LogP contribution in [0.3, 0.4) is 0 Å². The molecule has 0 aliphatic heterocycles. The molecular weight excluding hydrogens is 180 g/mol. The van der Waals surface area contributed by atoms with Crippen molar-refractivity contribution in [1.29, 1.82) is 0 Å². The number of hydrogen-bond acceptors (Lipinski definition) is 0. The predicted octanol–water partition coefficient (Wildman–Crippen LogP) is 4.73. The van der Waals surface area contributed by atoms with Crippen molar-refractivity contribution in [2.24, 2.45) is 17.3 Å². The number of allylic oxidation sites excluding steroid dienone is 3. The van der Waals surface area contributed by atoms with Gasteiger partial charge in [0.05, 0.1) is 0 Å². The van der Waals surface area contributed by atoms with Crippen LogP contribution in [-0.2, 0) is 0 Å². The fraction of sp³-hybridized carbons (Fsp3) is 0.733. The second-order valence-corrected chi connectivity index (χ2v) is 5.97. The summed E-state index contributed by atoms with van der Waals surface area (Å²) in [7, 11) is 0. The molecule has 0 aromatic rings. The van der Waals surface area contributed by atoms with Crippen molar-refractivity contribution in [2.75, 3.05) is 0 Å². The summed E-state index contributed by atoms with van der Waals surface area (Å²) >= 11 is 0. The lowest BCUT2D eigenvalue weighted by Crippen LogP contribution is -2.25. The summed E-state index contributed by atoms with van der Waals surface area (Å²) in [4.78, 5) is 0. The Bertz CT molecular complexity index is 293. The molecular formula is C15H24. The average molecular weight is 204 g/mol. The first-order valence-corrected chi connectivity index (χ1v) is 6.36. The molecule has 0 heterocycles. The van der Waals surface area contributed by atoms with Gasteiger partial charge in [-0.1, -0.05) is 30.7 Å². The zero-order valence-electron chi connectivity index (χ0n) is 10.5. The van der Waals surface area contributed by atoms with Gasteiger partial charge in [0, 0.05) is 0 Å². The van der Waals surface area contributed by atoms with Gasteiger partial charge in [-0.25, -0.2) is 0 Å². The number of hydrogen-bond donors (Lipinski definition) is 0. The molecule has 0 N–H and O–H groups in total. The van der Waals surface area contributed by atoms with Crippen LogP contribution in [-0.4, -0.2) is 0 Å². The van der Waals surface area contributed by atoms with Crippen molar-refractivity contribution in [3.05, 3.63) is 23.8 Å². The van der Waals surface area contributed by atoms with E-state index in [-0.39, 0.29) is 0 Å². The second kappa shape index (κ2) is 3.81. The lowest BCUT2D eigenvalue weighted by molar-refractivity contribution is 0.241. The van der Waals surface area contributed by atoms with Crippen molar-refractivity contribution < 1.29 is 0 Å². The summed E-state index contributed by atoms with van der Waals surface area (Å²) in [5, 5.41) is 0. The van der Waals surface area contributed by atoms with E-state index in [2.05, 4.69) is 33.4 Å². The van der Waals surface area contributed by atoms with Crippen molar-refractivity contribution in [2.45, 2.75) is 52.9 Å². The third-order valence-corrected chi connectivity index (χ3v) is 4.78.